The molecule has 0 heterocycles. The predicted octanol–water partition coefficient (Wildman–Crippen LogP) is 2.30. The summed E-state index contributed by atoms with van der Waals surface area (Å²) in [6.45, 7) is 9.42. The van der Waals surface area contributed by atoms with Crippen LogP contribution in [0.4, 0.5) is 0 Å². The van der Waals surface area contributed by atoms with Gasteiger partial charge in [-0.05, 0) is 42.9 Å². The maximum Gasteiger partial charge on any atom is 0.237 e. The van der Waals surface area contributed by atoms with Crippen LogP contribution in [0.2, 0.25) is 0 Å². The van der Waals surface area contributed by atoms with Gasteiger partial charge in [-0.1, -0.05) is 27.7 Å². The second kappa shape index (κ2) is 5.85. The molecule has 17 heavy (non-hydrogen) atoms. The van der Waals surface area contributed by atoms with Gasteiger partial charge in [-0.25, -0.2) is 0 Å². The van der Waals surface area contributed by atoms with Crippen LogP contribution in [0.5, 0.6) is 0 Å². The fraction of sp³-hybridized carbons (Fsp3) is 0.929. The van der Waals surface area contributed by atoms with Gasteiger partial charge in [0.25, 0.3) is 0 Å². The van der Waals surface area contributed by atoms with Gasteiger partial charge in [0.1, 0.15) is 0 Å². The lowest BCUT2D eigenvalue weighted by molar-refractivity contribution is -0.123. The van der Waals surface area contributed by atoms with Crippen molar-refractivity contribution >= 4 is 5.91 Å². The molecule has 3 heteroatoms. The Morgan fingerprint density at radius 2 is 1.88 bits per heavy atom. The van der Waals surface area contributed by atoms with E-state index in [4.69, 9.17) is 5.73 Å². The zero-order valence-corrected chi connectivity index (χ0v) is 11.8. The first-order valence-electron chi connectivity index (χ1n) is 6.85. The number of amides is 1. The molecule has 1 rings (SSSR count). The van der Waals surface area contributed by atoms with Crippen LogP contribution in [-0.2, 0) is 4.79 Å². The van der Waals surface area contributed by atoms with E-state index >= 15 is 0 Å². The molecule has 1 fully saturated rings. The molecule has 1 aliphatic rings. The van der Waals surface area contributed by atoms with E-state index in [1.54, 1.807) is 0 Å². The number of rotatable bonds is 4. The van der Waals surface area contributed by atoms with E-state index in [2.05, 4.69) is 19.2 Å². The standard InChI is InChI=1S/C14H28N2O/c1-10(2)12(15)13(17)16-9-11-5-7-14(3,4)8-6-11/h10-12H,5-9,15H2,1-4H3,(H,16,17)/t12-/m0/s1. The lowest BCUT2D eigenvalue weighted by Gasteiger charge is -2.34. The van der Waals surface area contributed by atoms with E-state index in [-0.39, 0.29) is 17.9 Å². The van der Waals surface area contributed by atoms with Crippen molar-refractivity contribution in [2.75, 3.05) is 6.54 Å². The highest BCUT2D eigenvalue weighted by Gasteiger charge is 2.27. The summed E-state index contributed by atoms with van der Waals surface area (Å²) in [7, 11) is 0. The van der Waals surface area contributed by atoms with Crippen molar-refractivity contribution in [3.63, 3.8) is 0 Å². The summed E-state index contributed by atoms with van der Waals surface area (Å²) in [5.41, 5.74) is 6.30. The largest absolute Gasteiger partial charge is 0.354 e. The van der Waals surface area contributed by atoms with Crippen molar-refractivity contribution < 1.29 is 4.79 Å². The summed E-state index contributed by atoms with van der Waals surface area (Å²) in [5, 5.41) is 3.00. The molecule has 1 saturated carbocycles. The fourth-order valence-electron chi connectivity index (χ4n) is 2.33. The van der Waals surface area contributed by atoms with Crippen LogP contribution in [0.3, 0.4) is 0 Å². The molecule has 0 aliphatic heterocycles. The average Bonchev–Trinajstić information content (AvgIpc) is 2.26. The Morgan fingerprint density at radius 1 is 1.35 bits per heavy atom. The highest BCUT2D eigenvalue weighted by atomic mass is 16.2. The minimum absolute atomic E-state index is 0.00448. The molecular formula is C14H28N2O. The minimum atomic E-state index is -0.366. The van der Waals surface area contributed by atoms with Crippen molar-refractivity contribution in [2.45, 2.75) is 59.4 Å². The molecule has 3 nitrogen and oxygen atoms in total. The van der Waals surface area contributed by atoms with Crippen LogP contribution in [0.1, 0.15) is 53.4 Å². The number of carbonyl (C=O) groups is 1. The van der Waals surface area contributed by atoms with E-state index in [0.717, 1.165) is 6.54 Å². The van der Waals surface area contributed by atoms with Gasteiger partial charge in [-0.3, -0.25) is 4.79 Å². The molecule has 0 saturated heterocycles. The Morgan fingerprint density at radius 3 is 2.35 bits per heavy atom. The molecule has 3 N–H and O–H groups in total. The first-order chi connectivity index (χ1) is 7.82. The van der Waals surface area contributed by atoms with E-state index in [0.29, 0.717) is 11.3 Å². The third kappa shape index (κ3) is 4.66. The lowest BCUT2D eigenvalue weighted by atomic mass is 9.73. The molecule has 0 aromatic carbocycles. The van der Waals surface area contributed by atoms with Gasteiger partial charge >= 0.3 is 0 Å². The molecule has 1 amide bonds. The number of carbonyl (C=O) groups excluding carboxylic acids is 1. The van der Waals surface area contributed by atoms with E-state index in [1.165, 1.54) is 25.7 Å². The Bertz CT molecular complexity index is 251. The van der Waals surface area contributed by atoms with Gasteiger partial charge in [-0.15, -0.1) is 0 Å². The zero-order chi connectivity index (χ0) is 13.1. The Labute approximate surface area is 106 Å². The molecule has 1 aliphatic carbocycles. The summed E-state index contributed by atoms with van der Waals surface area (Å²) in [4.78, 5) is 11.7. The summed E-state index contributed by atoms with van der Waals surface area (Å²) in [6.07, 6.45) is 4.99. The second-order valence-corrected chi connectivity index (χ2v) is 6.62. The van der Waals surface area contributed by atoms with E-state index < -0.39 is 0 Å². The van der Waals surface area contributed by atoms with Crippen LogP contribution < -0.4 is 11.1 Å². The Hall–Kier alpha value is -0.570. The molecule has 0 aromatic heterocycles. The van der Waals surface area contributed by atoms with Gasteiger partial charge in [0.2, 0.25) is 5.91 Å². The summed E-state index contributed by atoms with van der Waals surface area (Å²) < 4.78 is 0. The van der Waals surface area contributed by atoms with E-state index in [9.17, 15) is 4.79 Å². The average molecular weight is 240 g/mol. The normalized spacial score (nSPS) is 22.5. The van der Waals surface area contributed by atoms with Crippen LogP contribution in [0.25, 0.3) is 0 Å². The predicted molar refractivity (Wildman–Crippen MR) is 71.6 cm³/mol. The topological polar surface area (TPSA) is 55.1 Å². The SMILES string of the molecule is CC(C)[C@H](N)C(=O)NCC1CCC(C)(C)CC1. The number of nitrogens with one attached hydrogen (secondary N) is 1. The first-order valence-corrected chi connectivity index (χ1v) is 6.85. The van der Waals surface area contributed by atoms with Crippen molar-refractivity contribution in [3.8, 4) is 0 Å². The van der Waals surface area contributed by atoms with Gasteiger partial charge in [0.05, 0.1) is 6.04 Å². The lowest BCUT2D eigenvalue weighted by Crippen LogP contribution is -2.45. The molecule has 0 radical (unpaired) electrons. The van der Waals surface area contributed by atoms with Crippen LogP contribution in [0, 0.1) is 17.3 Å². The minimum Gasteiger partial charge on any atom is -0.354 e. The molecular weight excluding hydrogens is 212 g/mol. The van der Waals surface area contributed by atoms with Gasteiger partial charge in [0, 0.05) is 6.54 Å². The molecule has 0 unspecified atom stereocenters. The molecule has 1 atom stereocenters. The monoisotopic (exact) mass is 240 g/mol. The van der Waals surface area contributed by atoms with Crippen LogP contribution in [-0.4, -0.2) is 18.5 Å². The Kier molecular flexibility index (Phi) is 4.99. The molecule has 0 aromatic rings. The first kappa shape index (κ1) is 14.5. The third-order valence-electron chi connectivity index (χ3n) is 4.04. The quantitative estimate of drug-likeness (QED) is 0.792. The second-order valence-electron chi connectivity index (χ2n) is 6.62. The third-order valence-corrected chi connectivity index (χ3v) is 4.04. The molecule has 0 bridgehead atoms. The number of nitrogens with two attached hydrogens (primary N) is 1. The highest BCUT2D eigenvalue weighted by Crippen LogP contribution is 2.37. The van der Waals surface area contributed by atoms with Gasteiger partial charge in [-0.2, -0.15) is 0 Å². The Balaban J connectivity index is 2.26. The maximum absolute atomic E-state index is 11.7. The number of hydrogen-bond acceptors (Lipinski definition) is 2. The van der Waals surface area contributed by atoms with Gasteiger partial charge in [0.15, 0.2) is 0 Å². The van der Waals surface area contributed by atoms with Crippen molar-refractivity contribution in [3.05, 3.63) is 0 Å². The van der Waals surface area contributed by atoms with Crippen molar-refractivity contribution in [2.24, 2.45) is 23.0 Å². The summed E-state index contributed by atoms with van der Waals surface area (Å²) >= 11 is 0. The smallest absolute Gasteiger partial charge is 0.237 e. The van der Waals surface area contributed by atoms with E-state index in [1.807, 2.05) is 13.8 Å². The number of hydrogen-bond donors (Lipinski definition) is 2. The zero-order valence-electron chi connectivity index (χ0n) is 11.8. The van der Waals surface area contributed by atoms with Crippen molar-refractivity contribution in [1.82, 2.24) is 5.32 Å². The summed E-state index contributed by atoms with van der Waals surface area (Å²) in [6, 6.07) is -0.366. The van der Waals surface area contributed by atoms with Crippen LogP contribution >= 0.6 is 0 Å². The molecule has 0 spiro atoms. The van der Waals surface area contributed by atoms with Crippen LogP contribution in [0.15, 0.2) is 0 Å². The molecule has 100 valence electrons. The highest BCUT2D eigenvalue weighted by molar-refractivity contribution is 5.81. The fourth-order valence-corrected chi connectivity index (χ4v) is 2.33. The summed E-state index contributed by atoms with van der Waals surface area (Å²) in [5.74, 6) is 0.858. The van der Waals surface area contributed by atoms with Gasteiger partial charge < -0.3 is 11.1 Å². The van der Waals surface area contributed by atoms with Crippen molar-refractivity contribution in [1.29, 1.82) is 0 Å². The maximum atomic E-state index is 11.7.